The van der Waals surface area contributed by atoms with Crippen molar-refractivity contribution < 1.29 is 9.84 Å². The number of hydrogen-bond donors (Lipinski definition) is 1. The summed E-state index contributed by atoms with van der Waals surface area (Å²) in [6, 6.07) is 0. The maximum Gasteiger partial charge on any atom is 0.0491 e. The van der Waals surface area contributed by atoms with Gasteiger partial charge < -0.3 is 14.7 Å². The lowest BCUT2D eigenvalue weighted by Gasteiger charge is -2.31. The van der Waals surface area contributed by atoms with E-state index in [1.165, 1.54) is 25.9 Å². The molecule has 0 unspecified atom stereocenters. The van der Waals surface area contributed by atoms with Crippen molar-refractivity contribution in [3.8, 4) is 0 Å². The van der Waals surface area contributed by atoms with Crippen LogP contribution < -0.4 is 0 Å². The second-order valence-electron chi connectivity index (χ2n) is 3.82. The number of aliphatic hydroxyl groups excluding tert-OH is 1. The van der Waals surface area contributed by atoms with E-state index < -0.39 is 0 Å². The molecule has 1 saturated heterocycles. The molecule has 0 aromatic carbocycles. The number of hydrogen-bond acceptors (Lipinski definition) is 3. The summed E-state index contributed by atoms with van der Waals surface area (Å²) in [5, 5.41) is 8.69. The third kappa shape index (κ3) is 4.07. The third-order valence-corrected chi connectivity index (χ3v) is 2.74. The Balaban J connectivity index is 2.08. The molecule has 0 amide bonds. The summed E-state index contributed by atoms with van der Waals surface area (Å²) < 4.78 is 5.14. The largest absolute Gasteiger partial charge is 0.396 e. The normalized spacial score (nSPS) is 20.8. The second-order valence-corrected chi connectivity index (χ2v) is 3.82. The van der Waals surface area contributed by atoms with Gasteiger partial charge in [-0.25, -0.2) is 0 Å². The first-order valence-electron chi connectivity index (χ1n) is 5.19. The van der Waals surface area contributed by atoms with Crippen LogP contribution >= 0.6 is 0 Å². The molecule has 1 aliphatic heterocycles. The number of aliphatic hydroxyl groups is 1. The maximum absolute atomic E-state index is 8.69. The molecule has 0 radical (unpaired) electrons. The van der Waals surface area contributed by atoms with Crippen LogP contribution in [0.15, 0.2) is 0 Å². The van der Waals surface area contributed by atoms with Gasteiger partial charge in [-0.3, -0.25) is 0 Å². The Hall–Kier alpha value is -0.120. The predicted octanol–water partition coefficient (Wildman–Crippen LogP) is 0.727. The van der Waals surface area contributed by atoms with E-state index in [-0.39, 0.29) is 0 Å². The highest BCUT2D eigenvalue weighted by Gasteiger charge is 2.17. The van der Waals surface area contributed by atoms with Gasteiger partial charge in [-0.05, 0) is 38.3 Å². The first kappa shape index (κ1) is 11.0. The van der Waals surface area contributed by atoms with Crippen LogP contribution in [0.4, 0.5) is 0 Å². The Kier molecular flexibility index (Phi) is 5.35. The molecule has 0 bridgehead atoms. The molecule has 1 heterocycles. The fourth-order valence-corrected chi connectivity index (χ4v) is 1.91. The van der Waals surface area contributed by atoms with Gasteiger partial charge in [0.25, 0.3) is 0 Å². The zero-order chi connectivity index (χ0) is 9.52. The highest BCUT2D eigenvalue weighted by molar-refractivity contribution is 4.71. The highest BCUT2D eigenvalue weighted by Crippen LogP contribution is 2.16. The molecule has 0 atom stereocenters. The van der Waals surface area contributed by atoms with Crippen LogP contribution in [0.2, 0.25) is 0 Å². The Morgan fingerprint density at radius 2 is 2.08 bits per heavy atom. The van der Waals surface area contributed by atoms with Crippen LogP contribution in [-0.2, 0) is 4.74 Å². The fourth-order valence-electron chi connectivity index (χ4n) is 1.91. The smallest absolute Gasteiger partial charge is 0.0491 e. The quantitative estimate of drug-likeness (QED) is 0.688. The molecule has 0 aliphatic carbocycles. The molecule has 0 spiro atoms. The van der Waals surface area contributed by atoms with E-state index >= 15 is 0 Å². The Bertz CT molecular complexity index is 122. The standard InChI is InChI=1S/C10H21NO2/c1-13-9-10-3-6-11(7-4-10)5-2-8-12/h10,12H,2-9H2,1H3. The van der Waals surface area contributed by atoms with E-state index in [2.05, 4.69) is 4.90 Å². The lowest BCUT2D eigenvalue weighted by molar-refractivity contribution is 0.0964. The average molecular weight is 187 g/mol. The van der Waals surface area contributed by atoms with Crippen molar-refractivity contribution in [2.24, 2.45) is 5.92 Å². The predicted molar refractivity (Wildman–Crippen MR) is 52.7 cm³/mol. The topological polar surface area (TPSA) is 32.7 Å². The summed E-state index contributed by atoms with van der Waals surface area (Å²) in [4.78, 5) is 2.43. The van der Waals surface area contributed by atoms with Crippen LogP contribution in [0, 0.1) is 5.92 Å². The molecular weight excluding hydrogens is 166 g/mol. The molecule has 3 heteroatoms. The lowest BCUT2D eigenvalue weighted by Crippen LogP contribution is -2.35. The van der Waals surface area contributed by atoms with Gasteiger partial charge in [-0.15, -0.1) is 0 Å². The van der Waals surface area contributed by atoms with Crippen LogP contribution in [0.25, 0.3) is 0 Å². The molecular formula is C10H21NO2. The molecule has 0 aromatic heterocycles. The molecule has 1 fully saturated rings. The van der Waals surface area contributed by atoms with E-state index in [4.69, 9.17) is 9.84 Å². The van der Waals surface area contributed by atoms with Gasteiger partial charge in [0.2, 0.25) is 0 Å². The SMILES string of the molecule is COCC1CCN(CCCO)CC1. The van der Waals surface area contributed by atoms with E-state index in [1.54, 1.807) is 7.11 Å². The molecule has 13 heavy (non-hydrogen) atoms. The minimum absolute atomic E-state index is 0.317. The lowest BCUT2D eigenvalue weighted by atomic mass is 9.98. The summed E-state index contributed by atoms with van der Waals surface area (Å²) in [6.45, 7) is 4.63. The van der Waals surface area contributed by atoms with Crippen LogP contribution in [0.5, 0.6) is 0 Å². The zero-order valence-electron chi connectivity index (χ0n) is 8.54. The van der Waals surface area contributed by atoms with Gasteiger partial charge in [-0.2, -0.15) is 0 Å². The summed E-state index contributed by atoms with van der Waals surface area (Å²) >= 11 is 0. The molecule has 0 aromatic rings. The van der Waals surface area contributed by atoms with E-state index in [0.717, 1.165) is 25.5 Å². The number of nitrogens with zero attached hydrogens (tertiary/aromatic N) is 1. The second kappa shape index (κ2) is 6.35. The van der Waals surface area contributed by atoms with Crippen molar-refractivity contribution in [2.45, 2.75) is 19.3 Å². The van der Waals surface area contributed by atoms with E-state index in [1.807, 2.05) is 0 Å². The van der Waals surface area contributed by atoms with Gasteiger partial charge >= 0.3 is 0 Å². The van der Waals surface area contributed by atoms with Gasteiger partial charge in [0.05, 0.1) is 0 Å². The Labute approximate surface area is 80.7 Å². The van der Waals surface area contributed by atoms with Crippen molar-refractivity contribution >= 4 is 0 Å². The van der Waals surface area contributed by atoms with Crippen LogP contribution in [0.3, 0.4) is 0 Å². The minimum atomic E-state index is 0.317. The molecule has 1 rings (SSSR count). The number of ether oxygens (including phenoxy) is 1. The van der Waals surface area contributed by atoms with Gasteiger partial charge in [0.15, 0.2) is 0 Å². The van der Waals surface area contributed by atoms with Crippen molar-refractivity contribution in [3.05, 3.63) is 0 Å². The highest BCUT2D eigenvalue weighted by atomic mass is 16.5. The molecule has 1 N–H and O–H groups in total. The summed E-state index contributed by atoms with van der Waals surface area (Å²) in [6.07, 6.45) is 3.41. The van der Waals surface area contributed by atoms with Gasteiger partial charge in [-0.1, -0.05) is 0 Å². The molecule has 0 saturated carbocycles. The van der Waals surface area contributed by atoms with Crippen LogP contribution in [0.1, 0.15) is 19.3 Å². The number of methoxy groups -OCH3 is 1. The minimum Gasteiger partial charge on any atom is -0.396 e. The fraction of sp³-hybridized carbons (Fsp3) is 1.00. The summed E-state index contributed by atoms with van der Waals surface area (Å²) in [7, 11) is 1.78. The number of likely N-dealkylation sites (tertiary alicyclic amines) is 1. The Morgan fingerprint density at radius 3 is 2.62 bits per heavy atom. The zero-order valence-corrected chi connectivity index (χ0v) is 8.54. The van der Waals surface area contributed by atoms with Gasteiger partial charge in [0.1, 0.15) is 0 Å². The first-order valence-corrected chi connectivity index (χ1v) is 5.19. The molecule has 1 aliphatic rings. The molecule has 3 nitrogen and oxygen atoms in total. The van der Waals surface area contributed by atoms with Crippen molar-refractivity contribution in [1.29, 1.82) is 0 Å². The van der Waals surface area contributed by atoms with Crippen molar-refractivity contribution in [1.82, 2.24) is 4.90 Å². The number of rotatable bonds is 5. The van der Waals surface area contributed by atoms with Gasteiger partial charge in [0, 0.05) is 26.9 Å². The maximum atomic E-state index is 8.69. The average Bonchev–Trinajstić information content (AvgIpc) is 2.17. The van der Waals surface area contributed by atoms with E-state index in [9.17, 15) is 0 Å². The first-order chi connectivity index (χ1) is 6.36. The van der Waals surface area contributed by atoms with E-state index in [0.29, 0.717) is 6.61 Å². The third-order valence-electron chi connectivity index (χ3n) is 2.74. The summed E-state index contributed by atoms with van der Waals surface area (Å²) in [5.74, 6) is 0.760. The van der Waals surface area contributed by atoms with Crippen molar-refractivity contribution in [3.63, 3.8) is 0 Å². The summed E-state index contributed by atoms with van der Waals surface area (Å²) in [5.41, 5.74) is 0. The molecule has 78 valence electrons. The Morgan fingerprint density at radius 1 is 1.38 bits per heavy atom. The monoisotopic (exact) mass is 187 g/mol. The van der Waals surface area contributed by atoms with Crippen LogP contribution in [-0.4, -0.2) is 50.0 Å². The number of piperidine rings is 1. The van der Waals surface area contributed by atoms with Crippen molar-refractivity contribution in [2.75, 3.05) is 40.0 Å².